The summed E-state index contributed by atoms with van der Waals surface area (Å²) in [6, 6.07) is 11.5. The fourth-order valence-electron chi connectivity index (χ4n) is 2.32. The van der Waals surface area contributed by atoms with Gasteiger partial charge in [-0.3, -0.25) is 4.79 Å². The Kier molecular flexibility index (Phi) is 5.13. The molecule has 1 heterocycles. The highest BCUT2D eigenvalue weighted by atomic mass is 79.9. The molecule has 2 aromatic rings. The highest BCUT2D eigenvalue weighted by Gasteiger charge is 2.17. The Morgan fingerprint density at radius 1 is 1.17 bits per heavy atom. The third-order valence-corrected chi connectivity index (χ3v) is 4.72. The van der Waals surface area contributed by atoms with Crippen LogP contribution in [0.25, 0.3) is 0 Å². The molecule has 1 amide bonds. The van der Waals surface area contributed by atoms with Crippen molar-refractivity contribution >= 4 is 39.3 Å². The van der Waals surface area contributed by atoms with Gasteiger partial charge in [-0.2, -0.15) is 0 Å². The summed E-state index contributed by atoms with van der Waals surface area (Å²) in [5, 5.41) is 2.97. The summed E-state index contributed by atoms with van der Waals surface area (Å²) in [7, 11) is 0. The predicted molar refractivity (Wildman–Crippen MR) is 95.7 cm³/mol. The minimum Gasteiger partial charge on any atom is -0.486 e. The van der Waals surface area contributed by atoms with Crippen molar-refractivity contribution in [2.45, 2.75) is 11.3 Å². The summed E-state index contributed by atoms with van der Waals surface area (Å²) in [4.78, 5) is 13.3. The van der Waals surface area contributed by atoms with Crippen LogP contribution in [0.1, 0.15) is 5.56 Å². The highest BCUT2D eigenvalue weighted by molar-refractivity contribution is 9.10. The third kappa shape index (κ3) is 4.00. The van der Waals surface area contributed by atoms with Crippen LogP contribution in [0.5, 0.6) is 11.5 Å². The quantitative estimate of drug-likeness (QED) is 0.793. The van der Waals surface area contributed by atoms with Gasteiger partial charge in [0.05, 0.1) is 12.1 Å². The number of carbonyl (C=O) groups is 1. The fraction of sp³-hybridized carbons (Fsp3) is 0.235. The summed E-state index contributed by atoms with van der Waals surface area (Å²) in [5.41, 5.74) is 1.72. The molecule has 0 aliphatic carbocycles. The molecule has 0 bridgehead atoms. The number of nitrogens with one attached hydrogen (secondary N) is 1. The van der Waals surface area contributed by atoms with E-state index in [1.54, 1.807) is 11.8 Å². The zero-order valence-corrected chi connectivity index (χ0v) is 15.0. The summed E-state index contributed by atoms with van der Waals surface area (Å²) in [5.74, 6) is 1.35. The molecule has 1 aliphatic rings. The second-order valence-corrected chi connectivity index (χ2v) is 6.81. The van der Waals surface area contributed by atoms with Crippen LogP contribution in [-0.4, -0.2) is 25.4 Å². The van der Waals surface area contributed by atoms with E-state index in [1.807, 2.05) is 42.7 Å². The monoisotopic (exact) mass is 393 g/mol. The summed E-state index contributed by atoms with van der Waals surface area (Å²) in [6.45, 7) is 1.08. The normalized spacial score (nSPS) is 12.8. The molecule has 4 nitrogen and oxygen atoms in total. The second kappa shape index (κ2) is 7.27. The maximum atomic E-state index is 12.3. The molecular formula is C17H16BrNO3S. The lowest BCUT2D eigenvalue weighted by atomic mass is 10.1. The summed E-state index contributed by atoms with van der Waals surface area (Å²) < 4.78 is 12.2. The second-order valence-electron chi connectivity index (χ2n) is 5.05. The Balaban J connectivity index is 1.76. The van der Waals surface area contributed by atoms with Gasteiger partial charge in [-0.1, -0.05) is 28.1 Å². The zero-order chi connectivity index (χ0) is 16.2. The molecule has 0 radical (unpaired) electrons. The van der Waals surface area contributed by atoms with Gasteiger partial charge >= 0.3 is 0 Å². The number of ether oxygens (including phenoxy) is 2. The number of hydrogen-bond donors (Lipinski definition) is 1. The van der Waals surface area contributed by atoms with Crippen molar-refractivity contribution in [1.82, 2.24) is 0 Å². The van der Waals surface area contributed by atoms with Crippen LogP contribution in [0.15, 0.2) is 45.8 Å². The van der Waals surface area contributed by atoms with E-state index in [1.165, 1.54) is 0 Å². The van der Waals surface area contributed by atoms with Crippen molar-refractivity contribution < 1.29 is 14.3 Å². The Morgan fingerprint density at radius 3 is 2.48 bits per heavy atom. The van der Waals surface area contributed by atoms with E-state index in [2.05, 4.69) is 21.2 Å². The number of rotatable bonds is 4. The molecule has 0 saturated heterocycles. The standard InChI is InChI=1S/C17H16BrNO3S/c1-23-16-10-15-14(21-6-7-22-15)9-13(16)19-17(20)8-11-2-4-12(18)5-3-11/h2-5,9-10H,6-8H2,1H3,(H,19,20). The molecule has 0 unspecified atom stereocenters. The molecule has 23 heavy (non-hydrogen) atoms. The lowest BCUT2D eigenvalue weighted by molar-refractivity contribution is -0.115. The molecule has 0 aromatic heterocycles. The minimum absolute atomic E-state index is 0.0562. The van der Waals surface area contributed by atoms with Crippen molar-refractivity contribution in [3.05, 3.63) is 46.4 Å². The topological polar surface area (TPSA) is 47.6 Å². The molecule has 1 N–H and O–H groups in total. The maximum Gasteiger partial charge on any atom is 0.228 e. The van der Waals surface area contributed by atoms with Gasteiger partial charge in [0.2, 0.25) is 5.91 Å². The molecule has 6 heteroatoms. The lowest BCUT2D eigenvalue weighted by Crippen LogP contribution is -2.18. The molecule has 0 atom stereocenters. The van der Waals surface area contributed by atoms with Gasteiger partial charge in [0.15, 0.2) is 11.5 Å². The Labute approximate surface area is 147 Å². The van der Waals surface area contributed by atoms with Crippen molar-refractivity contribution in [2.75, 3.05) is 24.8 Å². The van der Waals surface area contributed by atoms with E-state index >= 15 is 0 Å². The van der Waals surface area contributed by atoms with Gasteiger partial charge in [0, 0.05) is 15.4 Å². The summed E-state index contributed by atoms with van der Waals surface area (Å²) in [6.07, 6.45) is 2.30. The van der Waals surface area contributed by atoms with Crippen LogP contribution in [-0.2, 0) is 11.2 Å². The van der Waals surface area contributed by atoms with E-state index in [4.69, 9.17) is 9.47 Å². The minimum atomic E-state index is -0.0562. The number of amides is 1. The number of fused-ring (bicyclic) bond motifs is 1. The maximum absolute atomic E-state index is 12.3. The smallest absolute Gasteiger partial charge is 0.228 e. The number of carbonyl (C=O) groups excluding carboxylic acids is 1. The highest BCUT2D eigenvalue weighted by Crippen LogP contribution is 2.39. The Morgan fingerprint density at radius 2 is 1.83 bits per heavy atom. The zero-order valence-electron chi connectivity index (χ0n) is 12.6. The predicted octanol–water partition coefficient (Wildman–Crippen LogP) is 4.12. The summed E-state index contributed by atoms with van der Waals surface area (Å²) >= 11 is 4.95. The Bertz CT molecular complexity index is 719. The largest absolute Gasteiger partial charge is 0.486 e. The van der Waals surface area contributed by atoms with Crippen LogP contribution in [0.2, 0.25) is 0 Å². The van der Waals surface area contributed by atoms with E-state index < -0.39 is 0 Å². The van der Waals surface area contributed by atoms with Crippen LogP contribution < -0.4 is 14.8 Å². The molecule has 3 rings (SSSR count). The first-order chi connectivity index (χ1) is 11.2. The van der Waals surface area contributed by atoms with E-state index in [-0.39, 0.29) is 5.91 Å². The van der Waals surface area contributed by atoms with E-state index in [9.17, 15) is 4.79 Å². The molecule has 2 aromatic carbocycles. The molecule has 120 valence electrons. The van der Waals surface area contributed by atoms with Crippen LogP contribution in [0, 0.1) is 0 Å². The molecule has 0 fully saturated rings. The first kappa shape index (κ1) is 16.2. The third-order valence-electron chi connectivity index (χ3n) is 3.42. The SMILES string of the molecule is CSc1cc2c(cc1NC(=O)Cc1ccc(Br)cc1)OCCO2. The molecule has 1 aliphatic heterocycles. The number of thioether (sulfide) groups is 1. The first-order valence-electron chi connectivity index (χ1n) is 7.17. The number of hydrogen-bond acceptors (Lipinski definition) is 4. The average molecular weight is 394 g/mol. The van der Waals surface area contributed by atoms with Crippen molar-refractivity contribution in [3.8, 4) is 11.5 Å². The van der Waals surface area contributed by atoms with E-state index in [0.717, 1.165) is 26.4 Å². The molecule has 0 spiro atoms. The van der Waals surface area contributed by atoms with Gasteiger partial charge in [-0.05, 0) is 30.0 Å². The molecular weight excluding hydrogens is 378 g/mol. The van der Waals surface area contributed by atoms with Crippen molar-refractivity contribution in [1.29, 1.82) is 0 Å². The lowest BCUT2D eigenvalue weighted by Gasteiger charge is -2.21. The average Bonchev–Trinajstić information content (AvgIpc) is 2.56. The van der Waals surface area contributed by atoms with Gasteiger partial charge in [-0.25, -0.2) is 0 Å². The van der Waals surface area contributed by atoms with Gasteiger partial charge in [0.1, 0.15) is 13.2 Å². The number of anilines is 1. The van der Waals surface area contributed by atoms with Crippen LogP contribution >= 0.6 is 27.7 Å². The van der Waals surface area contributed by atoms with Crippen molar-refractivity contribution in [3.63, 3.8) is 0 Å². The van der Waals surface area contributed by atoms with Crippen LogP contribution in [0.3, 0.4) is 0 Å². The first-order valence-corrected chi connectivity index (χ1v) is 9.19. The fourth-order valence-corrected chi connectivity index (χ4v) is 3.14. The molecule has 0 saturated carbocycles. The Hall–Kier alpha value is -1.66. The van der Waals surface area contributed by atoms with Gasteiger partial charge in [-0.15, -0.1) is 11.8 Å². The van der Waals surface area contributed by atoms with E-state index in [0.29, 0.717) is 25.4 Å². The van der Waals surface area contributed by atoms with Gasteiger partial charge < -0.3 is 14.8 Å². The number of benzene rings is 2. The number of halogens is 1. The van der Waals surface area contributed by atoms with Crippen LogP contribution in [0.4, 0.5) is 5.69 Å². The van der Waals surface area contributed by atoms with Crippen molar-refractivity contribution in [2.24, 2.45) is 0 Å². The van der Waals surface area contributed by atoms with Gasteiger partial charge in [0.25, 0.3) is 0 Å².